The van der Waals surface area contributed by atoms with Crippen molar-refractivity contribution in [2.24, 2.45) is 0 Å². The fourth-order valence-electron chi connectivity index (χ4n) is 5.16. The number of thioether (sulfide) groups is 1. The summed E-state index contributed by atoms with van der Waals surface area (Å²) < 4.78 is 41.9. The van der Waals surface area contributed by atoms with Gasteiger partial charge < -0.3 is 20.3 Å². The number of pyridine rings is 1. The van der Waals surface area contributed by atoms with Crippen LogP contribution in [0.2, 0.25) is 0 Å². The zero-order chi connectivity index (χ0) is 30.5. The Balaban J connectivity index is 1.17. The Morgan fingerprint density at radius 2 is 1.59 bits per heavy atom. The van der Waals surface area contributed by atoms with Crippen LogP contribution in [0, 0.1) is 0 Å². The van der Waals surface area contributed by atoms with Crippen molar-refractivity contribution in [3.05, 3.63) is 132 Å². The van der Waals surface area contributed by atoms with Crippen LogP contribution in [0.3, 0.4) is 0 Å². The van der Waals surface area contributed by atoms with Gasteiger partial charge >= 0.3 is 0 Å². The van der Waals surface area contributed by atoms with Gasteiger partial charge in [0.05, 0.1) is 24.3 Å². The summed E-state index contributed by atoms with van der Waals surface area (Å²) in [7, 11) is -3.79. The van der Waals surface area contributed by atoms with Crippen LogP contribution in [0.15, 0.2) is 119 Å². The number of nitrogens with two attached hydrogens (primary N) is 1. The monoisotopic (exact) mass is 627 g/mol. The SMILES string of the molecule is Nc1ccccc1SC[C@@H]1C[C@H](c2ccc(CO)cc2)OC(c2ccc(CNS(=O)(=O)c3cccc4cccnc34)cc2)O1. The van der Waals surface area contributed by atoms with E-state index in [1.807, 2.05) is 84.9 Å². The minimum Gasteiger partial charge on any atom is -0.398 e. The molecule has 0 saturated carbocycles. The number of sulfonamides is 1. The van der Waals surface area contributed by atoms with Crippen LogP contribution >= 0.6 is 11.8 Å². The van der Waals surface area contributed by atoms with Crippen LogP contribution in [0.4, 0.5) is 5.69 Å². The number of nitrogens with one attached hydrogen (secondary N) is 1. The first-order valence-corrected chi connectivity index (χ1v) is 16.8. The quantitative estimate of drug-likeness (QED) is 0.125. The van der Waals surface area contributed by atoms with Crippen LogP contribution in [0.5, 0.6) is 0 Å². The first kappa shape index (κ1) is 30.3. The molecular weight excluding hydrogens is 595 g/mol. The average molecular weight is 628 g/mol. The van der Waals surface area contributed by atoms with E-state index in [-0.39, 0.29) is 30.3 Å². The van der Waals surface area contributed by atoms with Gasteiger partial charge in [0.1, 0.15) is 4.90 Å². The molecule has 4 aromatic carbocycles. The van der Waals surface area contributed by atoms with E-state index < -0.39 is 16.3 Å². The third-order valence-electron chi connectivity index (χ3n) is 7.56. The number of aliphatic hydroxyl groups is 1. The molecule has 1 aliphatic rings. The van der Waals surface area contributed by atoms with E-state index in [1.165, 1.54) is 0 Å². The smallest absolute Gasteiger partial charge is 0.243 e. The Morgan fingerprint density at radius 3 is 2.36 bits per heavy atom. The third-order valence-corrected chi connectivity index (χ3v) is 10.2. The summed E-state index contributed by atoms with van der Waals surface area (Å²) in [4.78, 5) is 5.43. The molecular formula is C34H33N3O5S2. The first-order valence-electron chi connectivity index (χ1n) is 14.3. The van der Waals surface area contributed by atoms with E-state index in [0.717, 1.165) is 38.2 Å². The van der Waals surface area contributed by atoms with E-state index in [9.17, 15) is 13.5 Å². The lowest BCUT2D eigenvalue weighted by molar-refractivity contribution is -0.245. The summed E-state index contributed by atoms with van der Waals surface area (Å²) in [6, 6.07) is 31.9. The van der Waals surface area contributed by atoms with Gasteiger partial charge in [0.15, 0.2) is 6.29 Å². The number of nitrogen functional groups attached to an aromatic ring is 1. The van der Waals surface area contributed by atoms with Gasteiger partial charge in [-0.3, -0.25) is 4.98 Å². The van der Waals surface area contributed by atoms with Gasteiger partial charge in [-0.25, -0.2) is 13.1 Å². The van der Waals surface area contributed by atoms with Crippen molar-refractivity contribution in [3.8, 4) is 0 Å². The number of benzene rings is 4. The summed E-state index contributed by atoms with van der Waals surface area (Å²) in [5, 5.41) is 10.2. The van der Waals surface area contributed by atoms with Crippen molar-refractivity contribution in [1.29, 1.82) is 0 Å². The number of anilines is 1. The van der Waals surface area contributed by atoms with E-state index in [2.05, 4.69) is 9.71 Å². The van der Waals surface area contributed by atoms with Crippen molar-refractivity contribution >= 4 is 38.4 Å². The second-order valence-corrected chi connectivity index (χ2v) is 13.4. The van der Waals surface area contributed by atoms with E-state index in [1.54, 1.807) is 36.2 Å². The lowest BCUT2D eigenvalue weighted by Gasteiger charge is -2.36. The Hall–Kier alpha value is -3.77. The predicted molar refractivity (Wildman–Crippen MR) is 172 cm³/mol. The standard InChI is InChI=1S/C34H33N3O5S2/c35-29-7-1-2-8-31(29)43-22-28-19-30(25-14-12-24(21-38)13-15-25)42-34(41-28)27-16-10-23(11-17-27)20-37-44(39,40)32-9-3-5-26-6-4-18-36-33(26)32/h1-18,28,30,34,37-38H,19-22,35H2/t28-,30+,34?/m0/s1. The van der Waals surface area contributed by atoms with Crippen LogP contribution in [0.1, 0.15) is 41.1 Å². The number of rotatable bonds is 10. The summed E-state index contributed by atoms with van der Waals surface area (Å²) in [6.07, 6.45) is 1.32. The maximum Gasteiger partial charge on any atom is 0.243 e. The number of fused-ring (bicyclic) bond motifs is 1. The summed E-state index contributed by atoms with van der Waals surface area (Å²) in [6.45, 7) is 0.104. The van der Waals surface area contributed by atoms with Gasteiger partial charge in [0.25, 0.3) is 0 Å². The van der Waals surface area contributed by atoms with E-state index in [0.29, 0.717) is 17.7 Å². The van der Waals surface area contributed by atoms with Crippen molar-refractivity contribution < 1.29 is 23.0 Å². The molecule has 6 rings (SSSR count). The molecule has 0 amide bonds. The van der Waals surface area contributed by atoms with Crippen molar-refractivity contribution in [2.45, 2.75) is 47.9 Å². The van der Waals surface area contributed by atoms with Crippen LogP contribution in [-0.2, 0) is 32.6 Å². The molecule has 1 unspecified atom stereocenters. The van der Waals surface area contributed by atoms with Crippen molar-refractivity contribution in [2.75, 3.05) is 11.5 Å². The highest BCUT2D eigenvalue weighted by molar-refractivity contribution is 7.99. The highest BCUT2D eigenvalue weighted by Gasteiger charge is 2.32. The summed E-state index contributed by atoms with van der Waals surface area (Å²) in [5.74, 6) is 0.697. The molecule has 5 aromatic rings. The topological polar surface area (TPSA) is 124 Å². The number of ether oxygens (including phenoxy) is 2. The number of hydrogen-bond acceptors (Lipinski definition) is 8. The number of hydrogen-bond donors (Lipinski definition) is 3. The number of nitrogens with zero attached hydrogens (tertiary/aromatic N) is 1. The van der Waals surface area contributed by atoms with Crippen LogP contribution in [0.25, 0.3) is 10.9 Å². The highest BCUT2D eigenvalue weighted by Crippen LogP contribution is 2.40. The maximum absolute atomic E-state index is 13.2. The zero-order valence-electron chi connectivity index (χ0n) is 23.9. The molecule has 226 valence electrons. The number of aliphatic hydroxyl groups excluding tert-OH is 1. The Bertz CT molecular complexity index is 1830. The molecule has 1 fully saturated rings. The van der Waals surface area contributed by atoms with Crippen molar-refractivity contribution in [1.82, 2.24) is 9.71 Å². The minimum absolute atomic E-state index is 0.0172. The number of aromatic nitrogens is 1. The fraction of sp³-hybridized carbons (Fsp3) is 0.206. The van der Waals surface area contributed by atoms with Gasteiger partial charge in [-0.2, -0.15) is 0 Å². The second-order valence-electron chi connectivity index (χ2n) is 10.6. The fourth-order valence-corrected chi connectivity index (χ4v) is 7.34. The molecule has 1 aliphatic heterocycles. The molecule has 0 spiro atoms. The molecule has 0 bridgehead atoms. The van der Waals surface area contributed by atoms with Crippen LogP contribution < -0.4 is 10.5 Å². The second kappa shape index (κ2) is 13.5. The molecule has 8 nitrogen and oxygen atoms in total. The van der Waals surface area contributed by atoms with Gasteiger partial charge in [0, 0.05) is 46.4 Å². The molecule has 2 heterocycles. The molecule has 1 saturated heterocycles. The molecule has 1 aromatic heterocycles. The zero-order valence-corrected chi connectivity index (χ0v) is 25.5. The summed E-state index contributed by atoms with van der Waals surface area (Å²) >= 11 is 1.66. The van der Waals surface area contributed by atoms with Gasteiger partial charge in [0.2, 0.25) is 10.0 Å². The van der Waals surface area contributed by atoms with E-state index in [4.69, 9.17) is 15.2 Å². The first-order chi connectivity index (χ1) is 21.4. The Morgan fingerprint density at radius 1 is 0.864 bits per heavy atom. The summed E-state index contributed by atoms with van der Waals surface area (Å²) in [5.41, 5.74) is 10.8. The van der Waals surface area contributed by atoms with Crippen molar-refractivity contribution in [3.63, 3.8) is 0 Å². The average Bonchev–Trinajstić information content (AvgIpc) is 3.07. The predicted octanol–water partition coefficient (Wildman–Crippen LogP) is 6.13. The largest absolute Gasteiger partial charge is 0.398 e. The molecule has 0 radical (unpaired) electrons. The minimum atomic E-state index is -3.79. The maximum atomic E-state index is 13.2. The van der Waals surface area contributed by atoms with E-state index >= 15 is 0 Å². The molecule has 10 heteroatoms. The highest BCUT2D eigenvalue weighted by atomic mass is 32.2. The van der Waals surface area contributed by atoms with Gasteiger partial charge in [-0.15, -0.1) is 11.8 Å². The number of para-hydroxylation sites is 2. The van der Waals surface area contributed by atoms with Gasteiger partial charge in [-0.1, -0.05) is 78.9 Å². The molecule has 3 atom stereocenters. The van der Waals surface area contributed by atoms with Crippen LogP contribution in [-0.4, -0.2) is 30.4 Å². The normalized spacial score (nSPS) is 18.8. The molecule has 44 heavy (non-hydrogen) atoms. The van der Waals surface area contributed by atoms with Gasteiger partial charge in [-0.05, 0) is 41.0 Å². The third kappa shape index (κ3) is 6.96. The Labute approximate surface area is 261 Å². The Kier molecular flexibility index (Phi) is 9.27. The molecule has 0 aliphatic carbocycles. The lowest BCUT2D eigenvalue weighted by atomic mass is 10.0. The lowest BCUT2D eigenvalue weighted by Crippen LogP contribution is -2.31. The molecule has 4 N–H and O–H groups in total.